The van der Waals surface area contributed by atoms with Gasteiger partial charge < -0.3 is 19.0 Å². The maximum absolute atomic E-state index is 13.1. The third-order valence-corrected chi connectivity index (χ3v) is 6.51. The molecule has 0 atom stereocenters. The molecule has 5 rings (SSSR count). The summed E-state index contributed by atoms with van der Waals surface area (Å²) in [7, 11) is 0. The predicted molar refractivity (Wildman–Crippen MR) is 117 cm³/mol. The molecule has 0 spiro atoms. The maximum atomic E-state index is 13.1. The Morgan fingerprint density at radius 3 is 2.50 bits per heavy atom. The molecule has 0 aromatic carbocycles. The molecule has 2 fully saturated rings. The molecule has 1 saturated carbocycles. The van der Waals surface area contributed by atoms with Gasteiger partial charge in [0.15, 0.2) is 5.58 Å². The minimum atomic E-state index is -4.32. The van der Waals surface area contributed by atoms with Crippen LogP contribution in [0.4, 0.5) is 19.2 Å². The smallest absolute Gasteiger partial charge is 0.397 e. The molecule has 0 bridgehead atoms. The predicted octanol–water partition coefficient (Wildman–Crippen LogP) is 4.26. The van der Waals surface area contributed by atoms with Crippen molar-refractivity contribution in [3.63, 3.8) is 0 Å². The van der Waals surface area contributed by atoms with Crippen LogP contribution in [0.25, 0.3) is 11.2 Å². The zero-order valence-corrected chi connectivity index (χ0v) is 19.0. The average Bonchev–Trinajstić information content (AvgIpc) is 3.50. The molecular weight excluding hydrogens is 475 g/mol. The minimum Gasteiger partial charge on any atom is -0.477 e. The second-order valence-electron chi connectivity index (χ2n) is 8.60. The van der Waals surface area contributed by atoms with Crippen LogP contribution in [0, 0.1) is 12.3 Å². The van der Waals surface area contributed by atoms with Crippen molar-refractivity contribution in [1.82, 2.24) is 19.9 Å². The second kappa shape index (κ2) is 8.30. The maximum Gasteiger partial charge on any atom is 0.397 e. The van der Waals surface area contributed by atoms with Gasteiger partial charge in [-0.1, -0.05) is 11.6 Å². The van der Waals surface area contributed by atoms with E-state index >= 15 is 0 Å². The van der Waals surface area contributed by atoms with Gasteiger partial charge in [-0.15, -0.1) is 0 Å². The highest BCUT2D eigenvalue weighted by atomic mass is 35.5. The number of pyridine rings is 2. The van der Waals surface area contributed by atoms with E-state index in [-0.39, 0.29) is 35.3 Å². The number of carbonyl (C=O) groups is 1. The summed E-state index contributed by atoms with van der Waals surface area (Å²) in [5, 5.41) is -0.109. The van der Waals surface area contributed by atoms with E-state index in [9.17, 15) is 18.0 Å². The van der Waals surface area contributed by atoms with Crippen LogP contribution in [-0.4, -0.2) is 64.7 Å². The number of aromatic nitrogens is 3. The first-order chi connectivity index (χ1) is 16.1. The topological polar surface area (TPSA) is 84.6 Å². The fourth-order valence-electron chi connectivity index (χ4n) is 3.84. The zero-order chi connectivity index (χ0) is 24.1. The van der Waals surface area contributed by atoms with Crippen molar-refractivity contribution in [2.24, 2.45) is 5.41 Å². The molecule has 1 amide bonds. The lowest BCUT2D eigenvalue weighted by Gasteiger charge is -2.33. The van der Waals surface area contributed by atoms with Crippen LogP contribution < -0.4 is 9.64 Å². The van der Waals surface area contributed by atoms with Gasteiger partial charge in [-0.25, -0.2) is 9.97 Å². The Bertz CT molecular complexity index is 1240. The lowest BCUT2D eigenvalue weighted by Crippen LogP contribution is -2.49. The highest BCUT2D eigenvalue weighted by Crippen LogP contribution is 2.57. The summed E-state index contributed by atoms with van der Waals surface area (Å²) >= 11 is 6.18. The number of halogens is 4. The van der Waals surface area contributed by atoms with Gasteiger partial charge >= 0.3 is 6.18 Å². The Hall–Kier alpha value is -3.08. The number of ether oxygens (including phenoxy) is 1. The van der Waals surface area contributed by atoms with Crippen molar-refractivity contribution in [3.05, 3.63) is 40.7 Å². The number of alkyl halides is 3. The molecule has 180 valence electrons. The van der Waals surface area contributed by atoms with Crippen LogP contribution in [0.1, 0.15) is 28.9 Å². The molecule has 1 saturated heterocycles. The van der Waals surface area contributed by atoms with Crippen molar-refractivity contribution in [3.8, 4) is 5.88 Å². The number of hydrogen-bond acceptors (Lipinski definition) is 7. The third kappa shape index (κ3) is 4.24. The van der Waals surface area contributed by atoms with Gasteiger partial charge in [-0.05, 0) is 38.0 Å². The second-order valence-corrected chi connectivity index (χ2v) is 8.96. The number of amides is 1. The summed E-state index contributed by atoms with van der Waals surface area (Å²) in [5.41, 5.74) is 0.343. The SMILES string of the molecule is Cc1ccc2oc(N3CCN(C(=O)c4ccc(OCC5(C(F)(F)F)CC5)nc4Cl)CC3)nc2n1. The van der Waals surface area contributed by atoms with Crippen LogP contribution in [0.15, 0.2) is 28.7 Å². The first-order valence-corrected chi connectivity index (χ1v) is 11.2. The van der Waals surface area contributed by atoms with Gasteiger partial charge in [0.25, 0.3) is 11.9 Å². The molecule has 0 radical (unpaired) electrons. The van der Waals surface area contributed by atoms with Gasteiger partial charge in [0.2, 0.25) is 11.5 Å². The number of nitrogens with zero attached hydrogens (tertiary/aromatic N) is 5. The van der Waals surface area contributed by atoms with Gasteiger partial charge in [0.1, 0.15) is 17.2 Å². The first-order valence-electron chi connectivity index (χ1n) is 10.8. The van der Waals surface area contributed by atoms with E-state index in [0.29, 0.717) is 43.4 Å². The van der Waals surface area contributed by atoms with E-state index in [0.717, 1.165) is 5.69 Å². The number of oxazole rings is 1. The molecule has 1 aliphatic carbocycles. The number of rotatable bonds is 5. The summed E-state index contributed by atoms with van der Waals surface area (Å²) in [6, 6.07) is 6.93. The van der Waals surface area contributed by atoms with Crippen LogP contribution in [0.3, 0.4) is 0 Å². The summed E-state index contributed by atoms with van der Waals surface area (Å²) in [5.74, 6) is -0.353. The van der Waals surface area contributed by atoms with Crippen molar-refractivity contribution in [2.45, 2.75) is 25.9 Å². The fourth-order valence-corrected chi connectivity index (χ4v) is 4.07. The molecule has 4 heterocycles. The Kier molecular flexibility index (Phi) is 5.54. The Morgan fingerprint density at radius 1 is 1.12 bits per heavy atom. The summed E-state index contributed by atoms with van der Waals surface area (Å²) < 4.78 is 50.2. The van der Waals surface area contributed by atoms with Crippen LogP contribution in [0.2, 0.25) is 5.15 Å². The standard InChI is InChI=1S/C22H21ClF3N5O3/c1-13-2-4-15-18(27-13)29-20(34-15)31-10-8-30(9-11-31)19(32)14-3-5-16(28-17(14)23)33-12-21(6-7-21)22(24,25)26/h2-5H,6-12H2,1H3. The molecule has 0 unspecified atom stereocenters. The van der Waals surface area contributed by atoms with E-state index in [2.05, 4.69) is 15.0 Å². The normalized spacial score (nSPS) is 17.8. The molecule has 3 aromatic rings. The van der Waals surface area contributed by atoms with E-state index < -0.39 is 18.2 Å². The van der Waals surface area contributed by atoms with Gasteiger partial charge in [-0.3, -0.25) is 4.79 Å². The molecule has 2 aliphatic rings. The van der Waals surface area contributed by atoms with E-state index in [1.54, 1.807) is 4.90 Å². The van der Waals surface area contributed by atoms with Crippen LogP contribution in [-0.2, 0) is 0 Å². The molecule has 34 heavy (non-hydrogen) atoms. The van der Waals surface area contributed by atoms with E-state index in [1.807, 2.05) is 24.0 Å². The molecule has 12 heteroatoms. The number of piperazine rings is 1. The highest BCUT2D eigenvalue weighted by molar-refractivity contribution is 6.32. The van der Waals surface area contributed by atoms with E-state index in [4.69, 9.17) is 20.8 Å². The molecule has 8 nitrogen and oxygen atoms in total. The van der Waals surface area contributed by atoms with Crippen LogP contribution >= 0.6 is 11.6 Å². The van der Waals surface area contributed by atoms with Crippen molar-refractivity contribution >= 4 is 34.8 Å². The lowest BCUT2D eigenvalue weighted by molar-refractivity contribution is -0.194. The lowest BCUT2D eigenvalue weighted by atomic mass is 10.1. The van der Waals surface area contributed by atoms with Gasteiger partial charge in [0.05, 0.1) is 5.56 Å². The average molecular weight is 496 g/mol. The van der Waals surface area contributed by atoms with Gasteiger partial charge in [-0.2, -0.15) is 18.2 Å². The monoisotopic (exact) mass is 495 g/mol. The minimum absolute atomic E-state index is 0.0342. The van der Waals surface area contributed by atoms with Crippen molar-refractivity contribution in [1.29, 1.82) is 0 Å². The Balaban J connectivity index is 1.20. The fraction of sp³-hybridized carbons (Fsp3) is 0.455. The summed E-state index contributed by atoms with van der Waals surface area (Å²) in [6.07, 6.45) is -4.25. The summed E-state index contributed by atoms with van der Waals surface area (Å²) in [4.78, 5) is 29.3. The number of hydrogen-bond donors (Lipinski definition) is 0. The highest BCUT2D eigenvalue weighted by Gasteiger charge is 2.64. The number of fused-ring (bicyclic) bond motifs is 1. The molecule has 3 aromatic heterocycles. The molecular formula is C22H21ClF3N5O3. The number of anilines is 1. The third-order valence-electron chi connectivity index (χ3n) is 6.22. The summed E-state index contributed by atoms with van der Waals surface area (Å²) in [6.45, 7) is 3.19. The Morgan fingerprint density at radius 2 is 1.85 bits per heavy atom. The first kappa shape index (κ1) is 22.7. The quantitative estimate of drug-likeness (QED) is 0.489. The van der Waals surface area contributed by atoms with Gasteiger partial charge in [0, 0.05) is 37.9 Å². The van der Waals surface area contributed by atoms with Crippen molar-refractivity contribution in [2.75, 3.05) is 37.7 Å². The largest absolute Gasteiger partial charge is 0.477 e. The number of carbonyl (C=O) groups excluding carboxylic acids is 1. The van der Waals surface area contributed by atoms with Crippen molar-refractivity contribution < 1.29 is 27.1 Å². The molecule has 0 N–H and O–H groups in total. The Labute approximate surface area is 197 Å². The van der Waals surface area contributed by atoms with E-state index in [1.165, 1.54) is 12.1 Å². The molecule has 1 aliphatic heterocycles. The zero-order valence-electron chi connectivity index (χ0n) is 18.2. The van der Waals surface area contributed by atoms with Crippen LogP contribution in [0.5, 0.6) is 5.88 Å². The number of aryl methyl sites for hydroxylation is 1.